The van der Waals surface area contributed by atoms with Crippen LogP contribution in [0.3, 0.4) is 0 Å². The lowest BCUT2D eigenvalue weighted by Gasteiger charge is -2.39. The van der Waals surface area contributed by atoms with E-state index in [0.717, 1.165) is 31.6 Å². The number of nitrogens with zero attached hydrogens (tertiary/aromatic N) is 2. The van der Waals surface area contributed by atoms with Crippen molar-refractivity contribution in [2.24, 2.45) is 5.92 Å². The number of nitrogens with one attached hydrogen (secondary N) is 1. The minimum Gasteiger partial charge on any atom is -0.394 e. The molecule has 1 heterocycles. The van der Waals surface area contributed by atoms with Crippen LogP contribution in [0, 0.1) is 12.8 Å². The predicted octanol–water partition coefficient (Wildman–Crippen LogP) is 2.24. The van der Waals surface area contributed by atoms with Gasteiger partial charge in [0, 0.05) is 18.6 Å². The number of aliphatic hydroxyl groups is 1. The number of hydrogen-bond donors (Lipinski definition) is 2. The van der Waals surface area contributed by atoms with Gasteiger partial charge in [0.15, 0.2) is 0 Å². The van der Waals surface area contributed by atoms with E-state index in [4.69, 9.17) is 0 Å². The van der Waals surface area contributed by atoms with E-state index in [0.29, 0.717) is 5.92 Å². The minimum absolute atomic E-state index is 0.0889. The molecule has 1 aliphatic carbocycles. The Morgan fingerprint density at radius 1 is 1.58 bits per heavy atom. The summed E-state index contributed by atoms with van der Waals surface area (Å²) in [6.07, 6.45) is 4.64. The topological polar surface area (TPSA) is 50.1 Å². The van der Waals surface area contributed by atoms with E-state index < -0.39 is 0 Å². The van der Waals surface area contributed by atoms with Gasteiger partial charge in [-0.1, -0.05) is 19.8 Å². The lowest BCUT2D eigenvalue weighted by Crippen LogP contribution is -2.51. The Labute approximate surface area is 116 Å². The molecule has 0 spiro atoms. The van der Waals surface area contributed by atoms with Gasteiger partial charge < -0.3 is 10.4 Å². The second-order valence-electron chi connectivity index (χ2n) is 6.09. The van der Waals surface area contributed by atoms with E-state index in [9.17, 15) is 5.11 Å². The van der Waals surface area contributed by atoms with E-state index in [1.807, 2.05) is 11.6 Å². The Morgan fingerprint density at radius 3 is 3.00 bits per heavy atom. The third kappa shape index (κ3) is 3.37. The van der Waals surface area contributed by atoms with Crippen LogP contribution in [0.25, 0.3) is 0 Å². The van der Waals surface area contributed by atoms with Gasteiger partial charge in [0.05, 0.1) is 18.0 Å². The summed E-state index contributed by atoms with van der Waals surface area (Å²) in [5, 5.41) is 17.9. The Morgan fingerprint density at radius 2 is 2.37 bits per heavy atom. The van der Waals surface area contributed by atoms with Crippen LogP contribution >= 0.6 is 0 Å². The molecule has 1 saturated carbocycles. The van der Waals surface area contributed by atoms with Gasteiger partial charge in [-0.2, -0.15) is 5.10 Å². The minimum atomic E-state index is -0.0889. The molecule has 2 atom stereocenters. The Bertz CT molecular complexity index is 416. The lowest BCUT2D eigenvalue weighted by atomic mass is 9.77. The first-order chi connectivity index (χ1) is 9.08. The fraction of sp³-hybridized carbons (Fsp3) is 0.800. The third-order valence-corrected chi connectivity index (χ3v) is 4.32. The maximum Gasteiger partial charge on any atom is 0.0613 e. The summed E-state index contributed by atoms with van der Waals surface area (Å²) in [4.78, 5) is 0. The first-order valence-electron chi connectivity index (χ1n) is 7.48. The molecule has 0 radical (unpaired) electrons. The molecule has 1 aliphatic rings. The van der Waals surface area contributed by atoms with Crippen molar-refractivity contribution in [3.63, 3.8) is 0 Å². The number of aromatic nitrogens is 2. The number of aryl methyl sites for hydroxylation is 2. The lowest BCUT2D eigenvalue weighted by molar-refractivity contribution is 0.0975. The van der Waals surface area contributed by atoms with Gasteiger partial charge in [-0.3, -0.25) is 4.68 Å². The SMILES string of the molecule is CCn1nc(C)cc1CNC1(CO)CCCC(C)C1. The molecule has 2 rings (SSSR count). The van der Waals surface area contributed by atoms with Crippen LogP contribution in [-0.4, -0.2) is 27.0 Å². The molecule has 2 N–H and O–H groups in total. The summed E-state index contributed by atoms with van der Waals surface area (Å²) in [6.45, 7) is 8.35. The molecular formula is C15H27N3O. The highest BCUT2D eigenvalue weighted by Crippen LogP contribution is 2.32. The number of rotatable bonds is 5. The quantitative estimate of drug-likeness (QED) is 0.858. The molecule has 0 aliphatic heterocycles. The zero-order valence-electron chi connectivity index (χ0n) is 12.4. The molecule has 0 bridgehead atoms. The van der Waals surface area contributed by atoms with Crippen molar-refractivity contribution in [1.29, 1.82) is 0 Å². The van der Waals surface area contributed by atoms with E-state index in [1.165, 1.54) is 18.5 Å². The van der Waals surface area contributed by atoms with Crippen molar-refractivity contribution in [1.82, 2.24) is 15.1 Å². The maximum absolute atomic E-state index is 9.78. The summed E-state index contributed by atoms with van der Waals surface area (Å²) < 4.78 is 2.04. The van der Waals surface area contributed by atoms with Crippen molar-refractivity contribution in [2.45, 2.75) is 65.1 Å². The van der Waals surface area contributed by atoms with Gasteiger partial charge in [0.2, 0.25) is 0 Å². The van der Waals surface area contributed by atoms with Gasteiger partial charge in [-0.05, 0) is 38.7 Å². The summed E-state index contributed by atoms with van der Waals surface area (Å²) >= 11 is 0. The molecule has 0 amide bonds. The van der Waals surface area contributed by atoms with Crippen LogP contribution < -0.4 is 5.32 Å². The van der Waals surface area contributed by atoms with Crippen molar-refractivity contribution in [2.75, 3.05) is 6.61 Å². The normalized spacial score (nSPS) is 27.7. The van der Waals surface area contributed by atoms with Crippen LogP contribution in [0.5, 0.6) is 0 Å². The highest BCUT2D eigenvalue weighted by atomic mass is 16.3. The van der Waals surface area contributed by atoms with Crippen molar-refractivity contribution in [3.05, 3.63) is 17.5 Å². The fourth-order valence-electron chi connectivity index (χ4n) is 3.31. The van der Waals surface area contributed by atoms with Crippen LogP contribution in [-0.2, 0) is 13.1 Å². The largest absolute Gasteiger partial charge is 0.394 e. The van der Waals surface area contributed by atoms with Gasteiger partial charge in [0.1, 0.15) is 0 Å². The van der Waals surface area contributed by atoms with Crippen LogP contribution in [0.4, 0.5) is 0 Å². The molecule has 4 nitrogen and oxygen atoms in total. The smallest absolute Gasteiger partial charge is 0.0613 e. The molecule has 1 aromatic rings. The van der Waals surface area contributed by atoms with E-state index in [2.05, 4.69) is 30.3 Å². The Kier molecular flexibility index (Phi) is 4.63. The summed E-state index contributed by atoms with van der Waals surface area (Å²) in [7, 11) is 0. The van der Waals surface area contributed by atoms with E-state index in [1.54, 1.807) is 0 Å². The van der Waals surface area contributed by atoms with Crippen molar-refractivity contribution in [3.8, 4) is 0 Å². The standard InChI is InChI=1S/C15H27N3O/c1-4-18-14(8-13(3)17-18)10-16-15(11-19)7-5-6-12(2)9-15/h8,12,16,19H,4-7,9-11H2,1-3H3. The summed E-state index contributed by atoms with van der Waals surface area (Å²) in [5.74, 6) is 0.700. The highest BCUT2D eigenvalue weighted by molar-refractivity contribution is 5.09. The molecule has 4 heteroatoms. The Hall–Kier alpha value is -0.870. The average molecular weight is 265 g/mol. The number of hydrogen-bond acceptors (Lipinski definition) is 3. The molecule has 0 saturated heterocycles. The Balaban J connectivity index is 2.02. The first-order valence-corrected chi connectivity index (χ1v) is 7.48. The molecule has 19 heavy (non-hydrogen) atoms. The van der Waals surface area contributed by atoms with Crippen LogP contribution in [0.15, 0.2) is 6.07 Å². The highest BCUT2D eigenvalue weighted by Gasteiger charge is 2.33. The third-order valence-electron chi connectivity index (χ3n) is 4.32. The zero-order chi connectivity index (χ0) is 13.9. The first kappa shape index (κ1) is 14.5. The fourth-order valence-corrected chi connectivity index (χ4v) is 3.31. The second-order valence-corrected chi connectivity index (χ2v) is 6.09. The van der Waals surface area contributed by atoms with Crippen LogP contribution in [0.2, 0.25) is 0 Å². The zero-order valence-corrected chi connectivity index (χ0v) is 12.4. The van der Waals surface area contributed by atoms with Gasteiger partial charge in [0.25, 0.3) is 0 Å². The van der Waals surface area contributed by atoms with Crippen molar-refractivity contribution >= 4 is 0 Å². The molecule has 108 valence electrons. The average Bonchev–Trinajstić information content (AvgIpc) is 2.77. The summed E-state index contributed by atoms with van der Waals surface area (Å²) in [6, 6.07) is 2.13. The molecule has 1 fully saturated rings. The molecule has 1 aromatic heterocycles. The van der Waals surface area contributed by atoms with Gasteiger partial charge >= 0.3 is 0 Å². The van der Waals surface area contributed by atoms with E-state index in [-0.39, 0.29) is 12.1 Å². The maximum atomic E-state index is 9.78. The van der Waals surface area contributed by atoms with Crippen LogP contribution in [0.1, 0.15) is 50.9 Å². The summed E-state index contributed by atoms with van der Waals surface area (Å²) in [5.41, 5.74) is 2.19. The van der Waals surface area contributed by atoms with Gasteiger partial charge in [-0.25, -0.2) is 0 Å². The van der Waals surface area contributed by atoms with Gasteiger partial charge in [-0.15, -0.1) is 0 Å². The molecule has 2 unspecified atom stereocenters. The second kappa shape index (κ2) is 6.06. The molecular weight excluding hydrogens is 238 g/mol. The number of aliphatic hydroxyl groups excluding tert-OH is 1. The monoisotopic (exact) mass is 265 g/mol. The predicted molar refractivity (Wildman–Crippen MR) is 76.9 cm³/mol. The van der Waals surface area contributed by atoms with Crippen molar-refractivity contribution < 1.29 is 5.11 Å². The molecule has 0 aromatic carbocycles. The van der Waals surface area contributed by atoms with E-state index >= 15 is 0 Å².